The van der Waals surface area contributed by atoms with Gasteiger partial charge in [0.15, 0.2) is 0 Å². The van der Waals surface area contributed by atoms with Crippen LogP contribution in [0.1, 0.15) is 25.7 Å². The summed E-state index contributed by atoms with van der Waals surface area (Å²) >= 11 is 1.00. The third-order valence-electron chi connectivity index (χ3n) is 6.09. The number of sulfonamides is 1. The van der Waals surface area contributed by atoms with Gasteiger partial charge in [-0.15, -0.1) is 0 Å². The number of ether oxygens (including phenoxy) is 1. The Kier molecular flexibility index (Phi) is 6.73. The highest BCUT2D eigenvalue weighted by Gasteiger charge is 2.30. The Labute approximate surface area is 192 Å². The molecule has 0 bridgehead atoms. The third kappa shape index (κ3) is 4.77. The van der Waals surface area contributed by atoms with Gasteiger partial charge >= 0.3 is 0 Å². The average Bonchev–Trinajstić information content (AvgIpc) is 3.31. The van der Waals surface area contributed by atoms with Crippen molar-refractivity contribution in [2.75, 3.05) is 25.6 Å². The van der Waals surface area contributed by atoms with Crippen molar-refractivity contribution >= 4 is 44.4 Å². The van der Waals surface area contributed by atoms with Gasteiger partial charge in [0.1, 0.15) is 21.7 Å². The molecule has 1 amide bonds. The minimum absolute atomic E-state index is 0.0511. The molecule has 2 aromatic carbocycles. The number of hydrogen-bond acceptors (Lipinski definition) is 7. The fraction of sp³-hybridized carbons (Fsp3) is 0.409. The number of hydrogen-bond donors (Lipinski definition) is 1. The summed E-state index contributed by atoms with van der Waals surface area (Å²) in [6, 6.07) is 12.4. The molecular weight excluding hydrogens is 448 g/mol. The van der Waals surface area contributed by atoms with E-state index in [1.54, 1.807) is 37.3 Å². The normalized spacial score (nSPS) is 19.1. The predicted molar refractivity (Wildman–Crippen MR) is 124 cm³/mol. The van der Waals surface area contributed by atoms with E-state index in [0.717, 1.165) is 48.8 Å². The third-order valence-corrected chi connectivity index (χ3v) is 8.08. The number of benzene rings is 2. The van der Waals surface area contributed by atoms with E-state index in [2.05, 4.69) is 13.5 Å². The molecule has 1 aromatic heterocycles. The Balaban J connectivity index is 1.31. The van der Waals surface area contributed by atoms with Crippen LogP contribution in [0, 0.1) is 11.8 Å². The largest absolute Gasteiger partial charge is 0.497 e. The molecule has 1 fully saturated rings. The summed E-state index contributed by atoms with van der Waals surface area (Å²) in [5.41, 5.74) is 1.81. The summed E-state index contributed by atoms with van der Waals surface area (Å²) in [7, 11) is -0.272. The van der Waals surface area contributed by atoms with Crippen molar-refractivity contribution in [1.29, 1.82) is 0 Å². The lowest BCUT2D eigenvalue weighted by Crippen LogP contribution is -2.37. The quantitative estimate of drug-likeness (QED) is 0.563. The Morgan fingerprint density at radius 2 is 1.84 bits per heavy atom. The zero-order chi connectivity index (χ0) is 22.7. The van der Waals surface area contributed by atoms with E-state index in [9.17, 15) is 13.2 Å². The number of carbonyl (C=O) groups is 1. The van der Waals surface area contributed by atoms with Crippen LogP contribution in [0.4, 0.5) is 5.69 Å². The van der Waals surface area contributed by atoms with E-state index in [4.69, 9.17) is 4.74 Å². The molecule has 0 spiro atoms. The number of rotatable bonds is 7. The smallest absolute Gasteiger partial charge is 0.242 e. The molecule has 0 radical (unpaired) electrons. The van der Waals surface area contributed by atoms with E-state index in [1.807, 2.05) is 24.3 Å². The van der Waals surface area contributed by atoms with Crippen LogP contribution in [0.3, 0.4) is 0 Å². The molecule has 0 atom stereocenters. The Morgan fingerprint density at radius 3 is 2.53 bits per heavy atom. The van der Waals surface area contributed by atoms with Crippen molar-refractivity contribution in [3.63, 3.8) is 0 Å². The molecule has 0 unspecified atom stereocenters. The molecule has 4 rings (SSSR count). The molecule has 1 saturated carbocycles. The first-order valence-electron chi connectivity index (χ1n) is 10.5. The van der Waals surface area contributed by atoms with Crippen molar-refractivity contribution in [2.45, 2.75) is 30.6 Å². The molecule has 170 valence electrons. The minimum atomic E-state index is -3.67. The highest BCUT2D eigenvalue weighted by atomic mass is 32.2. The van der Waals surface area contributed by atoms with Crippen LogP contribution in [0.15, 0.2) is 47.4 Å². The summed E-state index contributed by atoms with van der Waals surface area (Å²) in [5, 5.41) is 0. The molecular formula is C22H26N4O4S2. The van der Waals surface area contributed by atoms with Crippen LogP contribution >= 0.6 is 11.7 Å². The van der Waals surface area contributed by atoms with Gasteiger partial charge in [0.25, 0.3) is 0 Å². The van der Waals surface area contributed by atoms with Gasteiger partial charge in [0.05, 0.1) is 18.8 Å². The fourth-order valence-electron chi connectivity index (χ4n) is 4.12. The summed E-state index contributed by atoms with van der Waals surface area (Å²) in [5.74, 6) is 0.995. The molecule has 1 N–H and O–H groups in total. The van der Waals surface area contributed by atoms with E-state index in [1.165, 1.54) is 0 Å². The molecule has 8 nitrogen and oxygen atoms in total. The number of carbonyl (C=O) groups excluding carboxylic acids is 1. The Hall–Kier alpha value is -2.56. The maximum atomic E-state index is 12.9. The molecule has 10 heteroatoms. The van der Waals surface area contributed by atoms with Crippen LogP contribution in [0.25, 0.3) is 11.0 Å². The van der Waals surface area contributed by atoms with Gasteiger partial charge in [-0.25, -0.2) is 13.1 Å². The fourth-order valence-corrected chi connectivity index (χ4v) is 6.00. The molecule has 0 saturated heterocycles. The first kappa shape index (κ1) is 22.6. The SMILES string of the molecule is COc1ccc(N(C)C(=O)C2CCC(CNS(=O)(=O)c3cccc4nsnc34)CC2)cc1. The Morgan fingerprint density at radius 1 is 1.12 bits per heavy atom. The van der Waals surface area contributed by atoms with E-state index in [-0.39, 0.29) is 22.6 Å². The average molecular weight is 475 g/mol. The van der Waals surface area contributed by atoms with Crippen LogP contribution in [-0.4, -0.2) is 43.8 Å². The maximum absolute atomic E-state index is 12.9. The van der Waals surface area contributed by atoms with Crippen molar-refractivity contribution in [3.05, 3.63) is 42.5 Å². The highest BCUT2D eigenvalue weighted by molar-refractivity contribution is 7.89. The van der Waals surface area contributed by atoms with Gasteiger partial charge in [-0.05, 0) is 68.0 Å². The molecule has 1 aliphatic carbocycles. The number of anilines is 1. The highest BCUT2D eigenvalue weighted by Crippen LogP contribution is 2.31. The van der Waals surface area contributed by atoms with E-state index in [0.29, 0.717) is 17.6 Å². The van der Waals surface area contributed by atoms with Crippen molar-refractivity contribution < 1.29 is 17.9 Å². The molecule has 1 aliphatic rings. The topological polar surface area (TPSA) is 101 Å². The monoisotopic (exact) mass is 474 g/mol. The number of fused-ring (bicyclic) bond motifs is 1. The first-order chi connectivity index (χ1) is 15.4. The van der Waals surface area contributed by atoms with Crippen molar-refractivity contribution in [3.8, 4) is 5.75 Å². The second-order valence-corrected chi connectivity index (χ2v) is 10.3. The first-order valence-corrected chi connectivity index (χ1v) is 12.7. The van der Waals surface area contributed by atoms with Gasteiger partial charge in [0.2, 0.25) is 15.9 Å². The molecule has 0 aliphatic heterocycles. The summed E-state index contributed by atoms with van der Waals surface area (Å²) in [4.78, 5) is 14.8. The second kappa shape index (κ2) is 9.51. The standard InChI is InChI=1S/C22H26N4O4S2/c1-26(17-10-12-18(30-2)13-11-17)22(27)16-8-6-15(7-9-16)14-23-32(28,29)20-5-3-4-19-21(20)25-31-24-19/h3-5,10-13,15-16,23H,6-9,14H2,1-2H3. The number of methoxy groups -OCH3 is 1. The van der Waals surface area contributed by atoms with Crippen LogP contribution in [0.2, 0.25) is 0 Å². The summed E-state index contributed by atoms with van der Waals surface area (Å²) < 4.78 is 41.7. The summed E-state index contributed by atoms with van der Waals surface area (Å²) in [6.07, 6.45) is 3.10. The number of aromatic nitrogens is 2. The van der Waals surface area contributed by atoms with Gasteiger partial charge < -0.3 is 9.64 Å². The van der Waals surface area contributed by atoms with Crippen LogP contribution in [0.5, 0.6) is 5.75 Å². The van der Waals surface area contributed by atoms with Crippen LogP contribution in [-0.2, 0) is 14.8 Å². The molecule has 3 aromatic rings. The lowest BCUT2D eigenvalue weighted by molar-refractivity contribution is -0.123. The predicted octanol–water partition coefficient (Wildman–Crippen LogP) is 3.45. The van der Waals surface area contributed by atoms with Gasteiger partial charge in [-0.3, -0.25) is 4.79 Å². The zero-order valence-corrected chi connectivity index (χ0v) is 19.7. The zero-order valence-electron chi connectivity index (χ0n) is 18.0. The van der Waals surface area contributed by atoms with Gasteiger partial charge in [-0.2, -0.15) is 8.75 Å². The Bertz CT molecular complexity index is 1190. The van der Waals surface area contributed by atoms with E-state index < -0.39 is 10.0 Å². The van der Waals surface area contributed by atoms with Gasteiger partial charge in [0, 0.05) is 25.2 Å². The summed E-state index contributed by atoms with van der Waals surface area (Å²) in [6.45, 7) is 0.353. The van der Waals surface area contributed by atoms with Crippen LogP contribution < -0.4 is 14.4 Å². The number of nitrogens with one attached hydrogen (secondary N) is 1. The second-order valence-electron chi connectivity index (χ2n) is 8.05. The molecule has 1 heterocycles. The van der Waals surface area contributed by atoms with E-state index >= 15 is 0 Å². The number of amides is 1. The number of nitrogens with zero attached hydrogens (tertiary/aromatic N) is 3. The van der Waals surface area contributed by atoms with Gasteiger partial charge in [-0.1, -0.05) is 6.07 Å². The minimum Gasteiger partial charge on any atom is -0.497 e. The lowest BCUT2D eigenvalue weighted by atomic mass is 9.81. The molecule has 32 heavy (non-hydrogen) atoms. The lowest BCUT2D eigenvalue weighted by Gasteiger charge is -2.30. The maximum Gasteiger partial charge on any atom is 0.242 e. The van der Waals surface area contributed by atoms with Crippen molar-refractivity contribution in [2.24, 2.45) is 11.8 Å². The van der Waals surface area contributed by atoms with Crippen molar-refractivity contribution in [1.82, 2.24) is 13.5 Å².